The minimum atomic E-state index is -0.349. The fourth-order valence-corrected chi connectivity index (χ4v) is 1.73. The van der Waals surface area contributed by atoms with Crippen LogP contribution in [0.5, 0.6) is 11.5 Å². The molecule has 0 radical (unpaired) electrons. The molecule has 1 aromatic carbocycles. The van der Waals surface area contributed by atoms with Crippen LogP contribution in [0.15, 0.2) is 12.1 Å². The molecule has 0 bridgehead atoms. The van der Waals surface area contributed by atoms with Crippen molar-refractivity contribution in [1.82, 2.24) is 0 Å². The average molecular weight is 224 g/mol. The maximum absolute atomic E-state index is 13.7. The highest BCUT2D eigenvalue weighted by Gasteiger charge is 2.18. The molecule has 16 heavy (non-hydrogen) atoms. The molecule has 0 fully saturated rings. The molecule has 0 saturated heterocycles. The Labute approximate surface area is 93.2 Å². The molecule has 2 rings (SSSR count). The van der Waals surface area contributed by atoms with E-state index in [9.17, 15) is 9.18 Å². The van der Waals surface area contributed by atoms with Crippen LogP contribution in [0.4, 0.5) is 4.39 Å². The largest absolute Gasteiger partial charge is 0.486 e. The first-order chi connectivity index (χ1) is 7.72. The van der Waals surface area contributed by atoms with Crippen molar-refractivity contribution in [2.45, 2.75) is 19.3 Å². The molecule has 86 valence electrons. The first kappa shape index (κ1) is 10.9. The highest BCUT2D eigenvalue weighted by molar-refractivity contribution is 5.53. The number of hydrogen-bond donors (Lipinski definition) is 0. The molecule has 1 atom stereocenters. The lowest BCUT2D eigenvalue weighted by Gasteiger charge is -2.20. The molecule has 1 aliphatic heterocycles. The summed E-state index contributed by atoms with van der Waals surface area (Å²) < 4.78 is 24.3. The van der Waals surface area contributed by atoms with E-state index in [4.69, 9.17) is 9.47 Å². The first-order valence-electron chi connectivity index (χ1n) is 5.25. The van der Waals surface area contributed by atoms with Crippen LogP contribution < -0.4 is 9.47 Å². The minimum Gasteiger partial charge on any atom is -0.486 e. The standard InChI is InChI=1S/C12H13FO3/c1-8(2-3-14)9-6-11-12(7-10(9)13)16-5-4-15-11/h3,6-8H,2,4-5H2,1H3. The molecule has 1 aromatic rings. The van der Waals surface area contributed by atoms with Gasteiger partial charge in [-0.2, -0.15) is 0 Å². The van der Waals surface area contributed by atoms with Crippen LogP contribution in [0.3, 0.4) is 0 Å². The van der Waals surface area contributed by atoms with E-state index in [0.717, 1.165) is 6.29 Å². The van der Waals surface area contributed by atoms with E-state index in [2.05, 4.69) is 0 Å². The van der Waals surface area contributed by atoms with Gasteiger partial charge in [0, 0.05) is 12.5 Å². The summed E-state index contributed by atoms with van der Waals surface area (Å²) in [7, 11) is 0. The molecule has 3 nitrogen and oxygen atoms in total. The number of hydrogen-bond acceptors (Lipinski definition) is 3. The van der Waals surface area contributed by atoms with E-state index in [1.54, 1.807) is 6.07 Å². The van der Waals surface area contributed by atoms with E-state index in [1.165, 1.54) is 6.07 Å². The van der Waals surface area contributed by atoms with Crippen molar-refractivity contribution in [2.75, 3.05) is 13.2 Å². The molecule has 1 aliphatic rings. The van der Waals surface area contributed by atoms with Crippen molar-refractivity contribution in [3.63, 3.8) is 0 Å². The van der Waals surface area contributed by atoms with Gasteiger partial charge < -0.3 is 14.3 Å². The van der Waals surface area contributed by atoms with Gasteiger partial charge in [0.15, 0.2) is 11.5 Å². The lowest BCUT2D eigenvalue weighted by Crippen LogP contribution is -2.16. The number of fused-ring (bicyclic) bond motifs is 1. The summed E-state index contributed by atoms with van der Waals surface area (Å²) >= 11 is 0. The van der Waals surface area contributed by atoms with Gasteiger partial charge >= 0.3 is 0 Å². The lowest BCUT2D eigenvalue weighted by molar-refractivity contribution is -0.108. The summed E-state index contributed by atoms with van der Waals surface area (Å²) in [4.78, 5) is 10.4. The van der Waals surface area contributed by atoms with Gasteiger partial charge in [0.05, 0.1) is 0 Å². The summed E-state index contributed by atoms with van der Waals surface area (Å²) in [5.41, 5.74) is 0.497. The smallest absolute Gasteiger partial charge is 0.164 e. The van der Waals surface area contributed by atoms with Crippen LogP contribution in [0.1, 0.15) is 24.8 Å². The number of rotatable bonds is 3. The highest BCUT2D eigenvalue weighted by atomic mass is 19.1. The average Bonchev–Trinajstić information content (AvgIpc) is 2.28. The molecule has 1 heterocycles. The second-order valence-electron chi connectivity index (χ2n) is 3.82. The Balaban J connectivity index is 2.35. The topological polar surface area (TPSA) is 35.5 Å². The third-order valence-corrected chi connectivity index (χ3v) is 2.64. The number of benzene rings is 1. The molecule has 0 saturated carbocycles. The van der Waals surface area contributed by atoms with Gasteiger partial charge in [0.1, 0.15) is 25.3 Å². The van der Waals surface area contributed by atoms with E-state index in [0.29, 0.717) is 36.7 Å². The predicted molar refractivity (Wildman–Crippen MR) is 56.5 cm³/mol. The van der Waals surface area contributed by atoms with Gasteiger partial charge in [-0.05, 0) is 17.5 Å². The number of carbonyl (C=O) groups is 1. The number of halogens is 1. The van der Waals surface area contributed by atoms with Crippen molar-refractivity contribution in [3.05, 3.63) is 23.5 Å². The van der Waals surface area contributed by atoms with Crippen molar-refractivity contribution in [1.29, 1.82) is 0 Å². The maximum Gasteiger partial charge on any atom is 0.164 e. The molecule has 1 unspecified atom stereocenters. The molecule has 0 aromatic heterocycles. The van der Waals surface area contributed by atoms with Crippen LogP contribution in [-0.4, -0.2) is 19.5 Å². The predicted octanol–water partition coefficient (Wildman–Crippen LogP) is 2.29. The maximum atomic E-state index is 13.7. The second kappa shape index (κ2) is 4.51. The van der Waals surface area contributed by atoms with Crippen molar-refractivity contribution >= 4 is 6.29 Å². The fraction of sp³-hybridized carbons (Fsp3) is 0.417. The lowest BCUT2D eigenvalue weighted by atomic mass is 9.97. The van der Waals surface area contributed by atoms with Gasteiger partial charge in [-0.25, -0.2) is 4.39 Å². The van der Waals surface area contributed by atoms with Crippen LogP contribution in [0.25, 0.3) is 0 Å². The highest BCUT2D eigenvalue weighted by Crippen LogP contribution is 2.35. The Kier molecular flexibility index (Phi) is 3.08. The molecule has 0 spiro atoms. The zero-order chi connectivity index (χ0) is 11.5. The van der Waals surface area contributed by atoms with Gasteiger partial charge in [-0.1, -0.05) is 6.92 Å². The monoisotopic (exact) mass is 224 g/mol. The van der Waals surface area contributed by atoms with Gasteiger partial charge in [-0.3, -0.25) is 0 Å². The van der Waals surface area contributed by atoms with E-state index >= 15 is 0 Å². The van der Waals surface area contributed by atoms with Gasteiger partial charge in [0.25, 0.3) is 0 Å². The number of aldehydes is 1. The second-order valence-corrected chi connectivity index (χ2v) is 3.82. The molecule has 0 amide bonds. The minimum absolute atomic E-state index is 0.145. The number of ether oxygens (including phenoxy) is 2. The summed E-state index contributed by atoms with van der Waals surface area (Å²) in [5, 5.41) is 0. The third-order valence-electron chi connectivity index (χ3n) is 2.64. The Hall–Kier alpha value is -1.58. The third kappa shape index (κ3) is 2.01. The van der Waals surface area contributed by atoms with Crippen LogP contribution in [0, 0.1) is 5.82 Å². The van der Waals surface area contributed by atoms with Gasteiger partial charge in [0.2, 0.25) is 0 Å². The van der Waals surface area contributed by atoms with Gasteiger partial charge in [-0.15, -0.1) is 0 Å². The summed E-state index contributed by atoms with van der Waals surface area (Å²) in [6, 6.07) is 2.95. The molecular weight excluding hydrogens is 211 g/mol. The summed E-state index contributed by atoms with van der Waals surface area (Å²) in [6.45, 7) is 2.72. The van der Waals surface area contributed by atoms with E-state index in [-0.39, 0.29) is 11.7 Å². The van der Waals surface area contributed by atoms with E-state index in [1.807, 2.05) is 6.92 Å². The van der Waals surface area contributed by atoms with Crippen LogP contribution in [-0.2, 0) is 4.79 Å². The summed E-state index contributed by atoms with van der Waals surface area (Å²) in [6.07, 6.45) is 1.09. The van der Waals surface area contributed by atoms with Crippen molar-refractivity contribution in [2.24, 2.45) is 0 Å². The fourth-order valence-electron chi connectivity index (χ4n) is 1.73. The molecule has 0 aliphatic carbocycles. The Bertz CT molecular complexity index is 403. The molecule has 0 N–H and O–H groups in total. The first-order valence-corrected chi connectivity index (χ1v) is 5.25. The Morgan fingerprint density at radius 2 is 2.00 bits per heavy atom. The van der Waals surface area contributed by atoms with Crippen LogP contribution in [0.2, 0.25) is 0 Å². The number of carbonyl (C=O) groups excluding carboxylic acids is 1. The van der Waals surface area contributed by atoms with Crippen molar-refractivity contribution in [3.8, 4) is 11.5 Å². The van der Waals surface area contributed by atoms with E-state index < -0.39 is 0 Å². The van der Waals surface area contributed by atoms with Crippen LogP contribution >= 0.6 is 0 Å². The zero-order valence-corrected chi connectivity index (χ0v) is 9.03. The normalized spacial score (nSPS) is 15.6. The molecule has 4 heteroatoms. The Morgan fingerprint density at radius 3 is 2.62 bits per heavy atom. The van der Waals surface area contributed by atoms with Crippen molar-refractivity contribution < 1.29 is 18.7 Å². The SMILES string of the molecule is CC(CC=O)c1cc2c(cc1F)OCCO2. The quantitative estimate of drug-likeness (QED) is 0.739. The zero-order valence-electron chi connectivity index (χ0n) is 9.03. The summed E-state index contributed by atoms with van der Waals surface area (Å²) in [5.74, 6) is 0.498. The Morgan fingerprint density at radius 1 is 1.38 bits per heavy atom. The molecular formula is C12H13FO3.